The van der Waals surface area contributed by atoms with Gasteiger partial charge in [-0.15, -0.1) is 0 Å². The third kappa shape index (κ3) is 1.52. The van der Waals surface area contributed by atoms with Crippen molar-refractivity contribution < 1.29 is 0 Å². The first-order valence-corrected chi connectivity index (χ1v) is 5.35. The molecule has 0 atom stereocenters. The van der Waals surface area contributed by atoms with Gasteiger partial charge in [0, 0.05) is 0 Å². The second-order valence-electron chi connectivity index (χ2n) is 3.68. The fourth-order valence-corrected chi connectivity index (χ4v) is 1.93. The van der Waals surface area contributed by atoms with E-state index in [0.717, 1.165) is 12.8 Å². The fraction of sp³-hybridized carbons (Fsp3) is 0.286. The van der Waals surface area contributed by atoms with Crippen LogP contribution in [0.2, 0.25) is 0 Å². The lowest BCUT2D eigenvalue weighted by Crippen LogP contribution is -1.85. The molecule has 0 heteroatoms. The summed E-state index contributed by atoms with van der Waals surface area (Å²) in [4.78, 5) is 0. The van der Waals surface area contributed by atoms with E-state index in [2.05, 4.69) is 50.2 Å². The Balaban J connectivity index is 2.67. The van der Waals surface area contributed by atoms with Crippen molar-refractivity contribution in [1.29, 1.82) is 0 Å². The summed E-state index contributed by atoms with van der Waals surface area (Å²) < 4.78 is 0. The Morgan fingerprint density at radius 3 is 2.50 bits per heavy atom. The Morgan fingerprint density at radius 1 is 0.929 bits per heavy atom. The number of rotatable bonds is 2. The van der Waals surface area contributed by atoms with Gasteiger partial charge in [-0.2, -0.15) is 0 Å². The molecule has 72 valence electrons. The molecule has 2 aromatic rings. The summed E-state index contributed by atoms with van der Waals surface area (Å²) in [7, 11) is 0. The summed E-state index contributed by atoms with van der Waals surface area (Å²) in [5, 5.41) is 2.79. The van der Waals surface area contributed by atoms with E-state index in [-0.39, 0.29) is 0 Å². The van der Waals surface area contributed by atoms with Gasteiger partial charge < -0.3 is 0 Å². The molecule has 0 amide bonds. The van der Waals surface area contributed by atoms with Crippen molar-refractivity contribution in [2.75, 3.05) is 0 Å². The highest BCUT2D eigenvalue weighted by Gasteiger charge is 1.98. The van der Waals surface area contributed by atoms with Crippen LogP contribution in [0.4, 0.5) is 0 Å². The lowest BCUT2D eigenvalue weighted by Gasteiger charge is -2.05. The molecule has 0 aliphatic rings. The van der Waals surface area contributed by atoms with E-state index in [0.29, 0.717) is 0 Å². The summed E-state index contributed by atoms with van der Waals surface area (Å²) in [6.07, 6.45) is 2.23. The van der Waals surface area contributed by atoms with Crippen molar-refractivity contribution in [3.63, 3.8) is 0 Å². The average molecular weight is 184 g/mol. The Hall–Kier alpha value is -1.30. The molecule has 14 heavy (non-hydrogen) atoms. The van der Waals surface area contributed by atoms with Gasteiger partial charge in [-0.25, -0.2) is 0 Å². The molecule has 2 aromatic carbocycles. The minimum Gasteiger partial charge on any atom is -0.0614 e. The Kier molecular flexibility index (Phi) is 2.53. The van der Waals surface area contributed by atoms with Crippen LogP contribution in [0.5, 0.6) is 0 Å². The third-order valence-corrected chi connectivity index (χ3v) is 2.82. The van der Waals surface area contributed by atoms with Gasteiger partial charge in [-0.3, -0.25) is 0 Å². The van der Waals surface area contributed by atoms with Crippen LogP contribution in [-0.2, 0) is 12.8 Å². The monoisotopic (exact) mass is 184 g/mol. The summed E-state index contributed by atoms with van der Waals surface area (Å²) in [6, 6.07) is 13.4. The minimum atomic E-state index is 1.11. The van der Waals surface area contributed by atoms with Crippen LogP contribution in [0.1, 0.15) is 25.0 Å². The van der Waals surface area contributed by atoms with Gasteiger partial charge in [0.15, 0.2) is 0 Å². The van der Waals surface area contributed by atoms with Crippen molar-refractivity contribution in [1.82, 2.24) is 0 Å². The van der Waals surface area contributed by atoms with Crippen molar-refractivity contribution in [2.24, 2.45) is 0 Å². The standard InChI is InChI=1S/C14H16/c1-3-11-8-9-14-12(4-2)6-5-7-13(14)10-11/h5-10H,3-4H2,1-2H3. The van der Waals surface area contributed by atoms with Crippen LogP contribution in [-0.4, -0.2) is 0 Å². The normalized spacial score (nSPS) is 10.7. The molecule has 0 aliphatic carbocycles. The first-order chi connectivity index (χ1) is 6.85. The molecule has 0 saturated carbocycles. The van der Waals surface area contributed by atoms with Crippen molar-refractivity contribution in [3.05, 3.63) is 47.5 Å². The van der Waals surface area contributed by atoms with E-state index in [1.165, 1.54) is 21.9 Å². The largest absolute Gasteiger partial charge is 0.0614 e. The van der Waals surface area contributed by atoms with E-state index in [4.69, 9.17) is 0 Å². The number of hydrogen-bond acceptors (Lipinski definition) is 0. The van der Waals surface area contributed by atoms with Gasteiger partial charge >= 0.3 is 0 Å². The molecule has 0 aromatic heterocycles. The number of benzene rings is 2. The lowest BCUT2D eigenvalue weighted by atomic mass is 10.00. The molecule has 0 N–H and O–H groups in total. The van der Waals surface area contributed by atoms with Gasteiger partial charge in [0.2, 0.25) is 0 Å². The molecule has 0 spiro atoms. The molecule has 0 nitrogen and oxygen atoms in total. The van der Waals surface area contributed by atoms with Gasteiger partial charge in [0.05, 0.1) is 0 Å². The van der Waals surface area contributed by atoms with E-state index >= 15 is 0 Å². The fourth-order valence-electron chi connectivity index (χ4n) is 1.93. The van der Waals surface area contributed by atoms with E-state index < -0.39 is 0 Å². The maximum atomic E-state index is 2.30. The summed E-state index contributed by atoms with van der Waals surface area (Å²) in [5.74, 6) is 0. The molecule has 0 radical (unpaired) electrons. The van der Waals surface area contributed by atoms with Crippen molar-refractivity contribution in [2.45, 2.75) is 26.7 Å². The highest BCUT2D eigenvalue weighted by atomic mass is 14.0. The SMILES string of the molecule is CCc1ccc2c(CC)cccc2c1. The Labute approximate surface area is 85.6 Å². The van der Waals surface area contributed by atoms with Crippen LogP contribution in [0.15, 0.2) is 36.4 Å². The highest BCUT2D eigenvalue weighted by Crippen LogP contribution is 2.20. The van der Waals surface area contributed by atoms with Crippen molar-refractivity contribution >= 4 is 10.8 Å². The summed E-state index contributed by atoms with van der Waals surface area (Å²) in [6.45, 7) is 4.41. The molecule has 0 fully saturated rings. The van der Waals surface area contributed by atoms with Crippen LogP contribution in [0, 0.1) is 0 Å². The topological polar surface area (TPSA) is 0 Å². The molecule has 0 unspecified atom stereocenters. The maximum absolute atomic E-state index is 2.30. The molecular formula is C14H16. The zero-order chi connectivity index (χ0) is 9.97. The molecule has 0 bridgehead atoms. The molecule has 0 aliphatic heterocycles. The second-order valence-corrected chi connectivity index (χ2v) is 3.68. The smallest absolute Gasteiger partial charge is 0.0152 e. The van der Waals surface area contributed by atoms with E-state index in [9.17, 15) is 0 Å². The van der Waals surface area contributed by atoms with Gasteiger partial charge in [0.25, 0.3) is 0 Å². The summed E-state index contributed by atoms with van der Waals surface area (Å²) in [5.41, 5.74) is 2.87. The predicted octanol–water partition coefficient (Wildman–Crippen LogP) is 3.96. The molecule has 2 rings (SSSR count). The zero-order valence-electron chi connectivity index (χ0n) is 8.88. The second kappa shape index (κ2) is 3.83. The van der Waals surface area contributed by atoms with E-state index in [1.807, 2.05) is 0 Å². The zero-order valence-corrected chi connectivity index (χ0v) is 8.88. The molecular weight excluding hydrogens is 168 g/mol. The van der Waals surface area contributed by atoms with Crippen LogP contribution in [0.3, 0.4) is 0 Å². The van der Waals surface area contributed by atoms with Crippen LogP contribution < -0.4 is 0 Å². The number of hydrogen-bond donors (Lipinski definition) is 0. The van der Waals surface area contributed by atoms with Gasteiger partial charge in [-0.1, -0.05) is 50.2 Å². The third-order valence-electron chi connectivity index (χ3n) is 2.82. The Bertz CT molecular complexity index is 441. The van der Waals surface area contributed by atoms with Crippen LogP contribution >= 0.6 is 0 Å². The van der Waals surface area contributed by atoms with Crippen LogP contribution in [0.25, 0.3) is 10.8 Å². The number of fused-ring (bicyclic) bond motifs is 1. The molecule has 0 saturated heterocycles. The van der Waals surface area contributed by atoms with Gasteiger partial charge in [0.1, 0.15) is 0 Å². The lowest BCUT2D eigenvalue weighted by molar-refractivity contribution is 1.14. The first-order valence-electron chi connectivity index (χ1n) is 5.35. The first kappa shape index (κ1) is 9.26. The summed E-state index contributed by atoms with van der Waals surface area (Å²) >= 11 is 0. The number of aryl methyl sites for hydroxylation is 2. The average Bonchev–Trinajstić information content (AvgIpc) is 2.27. The van der Waals surface area contributed by atoms with Crippen molar-refractivity contribution in [3.8, 4) is 0 Å². The quantitative estimate of drug-likeness (QED) is 0.662. The van der Waals surface area contributed by atoms with E-state index in [1.54, 1.807) is 0 Å². The van der Waals surface area contributed by atoms with Gasteiger partial charge in [-0.05, 0) is 34.7 Å². The predicted molar refractivity (Wildman–Crippen MR) is 62.7 cm³/mol. The highest BCUT2D eigenvalue weighted by molar-refractivity contribution is 5.86. The maximum Gasteiger partial charge on any atom is -0.0152 e. The molecule has 0 heterocycles. The Morgan fingerprint density at radius 2 is 1.79 bits per heavy atom. The minimum absolute atomic E-state index is 1.11.